The summed E-state index contributed by atoms with van der Waals surface area (Å²) in [4.78, 5) is 23.6. The summed E-state index contributed by atoms with van der Waals surface area (Å²) in [5.41, 5.74) is 4.13. The molecule has 0 aromatic heterocycles. The fourth-order valence-corrected chi connectivity index (χ4v) is 2.90. The van der Waals surface area contributed by atoms with Gasteiger partial charge in [-0.15, -0.1) is 0 Å². The number of carbonyl (C=O) groups excluding carboxylic acids is 2. The van der Waals surface area contributed by atoms with Crippen molar-refractivity contribution in [1.82, 2.24) is 5.32 Å². The number of nitrogens with one attached hydrogen (secondary N) is 1. The van der Waals surface area contributed by atoms with E-state index in [-0.39, 0.29) is 19.1 Å². The van der Waals surface area contributed by atoms with E-state index in [1.807, 2.05) is 57.2 Å². The first kappa shape index (κ1) is 21.3. The van der Waals surface area contributed by atoms with Crippen molar-refractivity contribution in [2.24, 2.45) is 0 Å². The molecule has 0 saturated carbocycles. The van der Waals surface area contributed by atoms with Crippen molar-refractivity contribution in [3.05, 3.63) is 58.7 Å². The van der Waals surface area contributed by atoms with Crippen LogP contribution in [0.25, 0.3) is 0 Å². The number of esters is 1. The van der Waals surface area contributed by atoms with Crippen molar-refractivity contribution in [3.63, 3.8) is 0 Å². The van der Waals surface area contributed by atoms with E-state index in [0.717, 1.165) is 28.0 Å². The van der Waals surface area contributed by atoms with Crippen LogP contribution in [-0.2, 0) is 20.7 Å². The van der Waals surface area contributed by atoms with Gasteiger partial charge in [0.1, 0.15) is 11.5 Å². The minimum absolute atomic E-state index is 0.232. The van der Waals surface area contributed by atoms with E-state index in [9.17, 15) is 9.59 Å². The number of carbonyl (C=O) groups is 2. The third-order valence-corrected chi connectivity index (χ3v) is 4.20. The Balaban J connectivity index is 1.67. The lowest BCUT2D eigenvalue weighted by molar-refractivity contribution is -0.150. The summed E-state index contributed by atoms with van der Waals surface area (Å²) in [5.74, 6) is 0.540. The molecule has 2 rings (SSSR count). The molecule has 0 bridgehead atoms. The second-order valence-corrected chi connectivity index (χ2v) is 6.63. The second-order valence-electron chi connectivity index (χ2n) is 6.63. The molecule has 0 aliphatic rings. The van der Waals surface area contributed by atoms with Gasteiger partial charge in [-0.05, 0) is 56.0 Å². The lowest BCUT2D eigenvalue weighted by Gasteiger charge is -2.12. The number of benzene rings is 2. The lowest BCUT2D eigenvalue weighted by Crippen LogP contribution is -2.31. The van der Waals surface area contributed by atoms with Gasteiger partial charge in [-0.2, -0.15) is 0 Å². The fraction of sp³-hybridized carbons (Fsp3) is 0.364. The number of ether oxygens (including phenoxy) is 3. The van der Waals surface area contributed by atoms with Crippen molar-refractivity contribution >= 4 is 11.9 Å². The van der Waals surface area contributed by atoms with Crippen molar-refractivity contribution in [2.45, 2.75) is 27.2 Å². The van der Waals surface area contributed by atoms with Crippen LogP contribution in [0.4, 0.5) is 0 Å². The minimum atomic E-state index is -0.579. The quantitative estimate of drug-likeness (QED) is 0.672. The molecule has 0 aliphatic carbocycles. The molecular weight excluding hydrogens is 358 g/mol. The predicted octanol–water partition coefficient (Wildman–Crippen LogP) is 2.90. The molecule has 2 aromatic carbocycles. The third-order valence-electron chi connectivity index (χ3n) is 4.20. The second kappa shape index (κ2) is 10.3. The highest BCUT2D eigenvalue weighted by Gasteiger charge is 2.11. The largest absolute Gasteiger partial charge is 0.497 e. The van der Waals surface area contributed by atoms with E-state index in [1.54, 1.807) is 7.11 Å². The van der Waals surface area contributed by atoms with Crippen LogP contribution in [0.2, 0.25) is 0 Å². The standard InChI is InChI=1S/C22H27NO5/c1-15-11-16(2)22(17(3)12-15)28-14-21(25)27-13-20(24)23-10-9-18-5-7-19(26-4)8-6-18/h5-8,11-12H,9-10,13-14H2,1-4H3,(H,23,24). The SMILES string of the molecule is COc1ccc(CCNC(=O)COC(=O)COc2c(C)cc(C)cc2C)cc1. The van der Waals surface area contributed by atoms with E-state index in [2.05, 4.69) is 5.32 Å². The summed E-state index contributed by atoms with van der Waals surface area (Å²) in [7, 11) is 1.62. The summed E-state index contributed by atoms with van der Waals surface area (Å²) >= 11 is 0. The molecule has 2 aromatic rings. The highest BCUT2D eigenvalue weighted by Crippen LogP contribution is 2.24. The monoisotopic (exact) mass is 385 g/mol. The zero-order chi connectivity index (χ0) is 20.5. The van der Waals surface area contributed by atoms with Crippen molar-refractivity contribution in [3.8, 4) is 11.5 Å². The van der Waals surface area contributed by atoms with E-state index in [4.69, 9.17) is 14.2 Å². The van der Waals surface area contributed by atoms with Gasteiger partial charge in [0.05, 0.1) is 7.11 Å². The van der Waals surface area contributed by atoms with Crippen LogP contribution in [0.1, 0.15) is 22.3 Å². The first-order valence-corrected chi connectivity index (χ1v) is 9.15. The highest BCUT2D eigenvalue weighted by molar-refractivity contribution is 5.80. The Morgan fingerprint density at radius 2 is 1.61 bits per heavy atom. The highest BCUT2D eigenvalue weighted by atomic mass is 16.6. The van der Waals surface area contributed by atoms with Crippen LogP contribution in [0.3, 0.4) is 0 Å². The van der Waals surface area contributed by atoms with Crippen LogP contribution >= 0.6 is 0 Å². The molecule has 1 N–H and O–H groups in total. The summed E-state index contributed by atoms with van der Waals surface area (Å²) in [5, 5.41) is 2.73. The molecular formula is C22H27NO5. The Labute approximate surface area is 165 Å². The molecule has 0 aliphatic heterocycles. The Morgan fingerprint density at radius 1 is 0.964 bits per heavy atom. The average molecular weight is 385 g/mol. The van der Waals surface area contributed by atoms with Gasteiger partial charge >= 0.3 is 5.97 Å². The van der Waals surface area contributed by atoms with E-state index >= 15 is 0 Å². The molecule has 0 spiro atoms. The molecule has 1 amide bonds. The maximum absolute atomic E-state index is 11.8. The molecule has 0 saturated heterocycles. The third kappa shape index (κ3) is 6.61. The molecule has 0 fully saturated rings. The smallest absolute Gasteiger partial charge is 0.344 e. The van der Waals surface area contributed by atoms with Crippen molar-refractivity contribution in [2.75, 3.05) is 26.9 Å². The number of aryl methyl sites for hydroxylation is 3. The molecule has 150 valence electrons. The van der Waals surface area contributed by atoms with Crippen LogP contribution in [-0.4, -0.2) is 38.7 Å². The van der Waals surface area contributed by atoms with Gasteiger partial charge in [0.15, 0.2) is 13.2 Å². The summed E-state index contributed by atoms with van der Waals surface area (Å²) in [6.45, 7) is 5.76. The van der Waals surface area contributed by atoms with Gasteiger partial charge in [0.25, 0.3) is 5.91 Å². The first-order chi connectivity index (χ1) is 13.4. The molecule has 0 atom stereocenters. The zero-order valence-electron chi connectivity index (χ0n) is 16.8. The van der Waals surface area contributed by atoms with Gasteiger partial charge < -0.3 is 19.5 Å². The van der Waals surface area contributed by atoms with Crippen LogP contribution < -0.4 is 14.8 Å². The van der Waals surface area contributed by atoms with Crippen LogP contribution in [0.15, 0.2) is 36.4 Å². The number of hydrogen-bond acceptors (Lipinski definition) is 5. The Kier molecular flexibility index (Phi) is 7.87. The van der Waals surface area contributed by atoms with Crippen LogP contribution in [0.5, 0.6) is 11.5 Å². The minimum Gasteiger partial charge on any atom is -0.497 e. The van der Waals surface area contributed by atoms with Gasteiger partial charge in [0.2, 0.25) is 0 Å². The van der Waals surface area contributed by atoms with Gasteiger partial charge in [-0.3, -0.25) is 4.79 Å². The fourth-order valence-electron chi connectivity index (χ4n) is 2.90. The number of amides is 1. The van der Waals surface area contributed by atoms with Crippen molar-refractivity contribution in [1.29, 1.82) is 0 Å². The van der Waals surface area contributed by atoms with Gasteiger partial charge in [-0.1, -0.05) is 29.8 Å². The molecule has 6 nitrogen and oxygen atoms in total. The van der Waals surface area contributed by atoms with E-state index in [1.165, 1.54) is 0 Å². The number of hydrogen-bond donors (Lipinski definition) is 1. The Morgan fingerprint density at radius 3 is 2.21 bits per heavy atom. The molecule has 28 heavy (non-hydrogen) atoms. The number of rotatable bonds is 9. The van der Waals surface area contributed by atoms with E-state index < -0.39 is 5.97 Å². The molecule has 0 heterocycles. The summed E-state index contributed by atoms with van der Waals surface area (Å²) in [6.07, 6.45) is 0.679. The topological polar surface area (TPSA) is 73.9 Å². The summed E-state index contributed by atoms with van der Waals surface area (Å²) < 4.78 is 15.6. The van der Waals surface area contributed by atoms with E-state index in [0.29, 0.717) is 18.7 Å². The molecule has 0 radical (unpaired) electrons. The summed E-state index contributed by atoms with van der Waals surface area (Å²) in [6, 6.07) is 11.6. The van der Waals surface area contributed by atoms with Crippen LogP contribution in [0, 0.1) is 20.8 Å². The first-order valence-electron chi connectivity index (χ1n) is 9.15. The molecule has 6 heteroatoms. The van der Waals surface area contributed by atoms with Gasteiger partial charge in [-0.25, -0.2) is 4.79 Å². The maximum Gasteiger partial charge on any atom is 0.344 e. The van der Waals surface area contributed by atoms with Gasteiger partial charge in [0, 0.05) is 6.54 Å². The predicted molar refractivity (Wildman–Crippen MR) is 107 cm³/mol. The number of methoxy groups -OCH3 is 1. The average Bonchev–Trinajstić information content (AvgIpc) is 2.66. The zero-order valence-corrected chi connectivity index (χ0v) is 16.8. The Bertz CT molecular complexity index is 791. The lowest BCUT2D eigenvalue weighted by atomic mass is 10.1. The normalized spacial score (nSPS) is 10.3. The Hall–Kier alpha value is -3.02. The molecule has 0 unspecified atom stereocenters. The maximum atomic E-state index is 11.8. The van der Waals surface area contributed by atoms with Crippen molar-refractivity contribution < 1.29 is 23.8 Å².